The Balaban J connectivity index is 2.23. The molecule has 0 fully saturated rings. The van der Waals surface area contributed by atoms with E-state index in [1.165, 1.54) is 0 Å². The van der Waals surface area contributed by atoms with Crippen LogP contribution < -0.4 is 5.32 Å². The first-order valence-corrected chi connectivity index (χ1v) is 6.41. The van der Waals surface area contributed by atoms with Crippen LogP contribution in [0.2, 0.25) is 0 Å². The first kappa shape index (κ1) is 12.8. The third kappa shape index (κ3) is 2.30. The number of hydrogen-bond donors (Lipinski definition) is 1. The van der Waals surface area contributed by atoms with Gasteiger partial charge in [0.25, 0.3) is 0 Å². The standard InChI is InChI=1S/C15H19NO2/c1-9(2)8-16-15(18)12-7-13(17)11-6-4-5-10(3)14(11)12/h4-6,9,12H,7-8H2,1-3H3,(H,16,18). The second kappa shape index (κ2) is 4.92. The van der Waals surface area contributed by atoms with Crippen LogP contribution in [0.1, 0.15) is 47.7 Å². The smallest absolute Gasteiger partial charge is 0.228 e. The molecule has 18 heavy (non-hydrogen) atoms. The highest BCUT2D eigenvalue weighted by Crippen LogP contribution is 2.35. The van der Waals surface area contributed by atoms with Gasteiger partial charge >= 0.3 is 0 Å². The van der Waals surface area contributed by atoms with Gasteiger partial charge in [0, 0.05) is 18.5 Å². The van der Waals surface area contributed by atoms with Crippen LogP contribution in [0.3, 0.4) is 0 Å². The molecule has 1 aromatic carbocycles. The molecule has 0 bridgehead atoms. The predicted octanol–water partition coefficient (Wildman–Crippen LogP) is 2.44. The number of benzene rings is 1. The quantitative estimate of drug-likeness (QED) is 0.889. The second-order valence-corrected chi connectivity index (χ2v) is 5.36. The number of nitrogens with one attached hydrogen (secondary N) is 1. The Morgan fingerprint density at radius 3 is 2.83 bits per heavy atom. The van der Waals surface area contributed by atoms with E-state index in [0.29, 0.717) is 18.9 Å². The van der Waals surface area contributed by atoms with Crippen molar-refractivity contribution >= 4 is 11.7 Å². The summed E-state index contributed by atoms with van der Waals surface area (Å²) in [7, 11) is 0. The van der Waals surface area contributed by atoms with Crippen molar-refractivity contribution < 1.29 is 9.59 Å². The molecule has 1 aliphatic carbocycles. The van der Waals surface area contributed by atoms with E-state index >= 15 is 0 Å². The fourth-order valence-corrected chi connectivity index (χ4v) is 2.44. The van der Waals surface area contributed by atoms with Crippen molar-refractivity contribution in [2.75, 3.05) is 6.54 Å². The fourth-order valence-electron chi connectivity index (χ4n) is 2.44. The van der Waals surface area contributed by atoms with Gasteiger partial charge in [-0.25, -0.2) is 0 Å². The summed E-state index contributed by atoms with van der Waals surface area (Å²) in [6, 6.07) is 5.65. The largest absolute Gasteiger partial charge is 0.355 e. The average molecular weight is 245 g/mol. The summed E-state index contributed by atoms with van der Waals surface area (Å²) in [4.78, 5) is 24.0. The normalized spacial score (nSPS) is 18.0. The maximum Gasteiger partial charge on any atom is 0.228 e. The Morgan fingerprint density at radius 1 is 1.44 bits per heavy atom. The maximum atomic E-state index is 12.1. The van der Waals surface area contributed by atoms with Crippen LogP contribution in [0.15, 0.2) is 18.2 Å². The van der Waals surface area contributed by atoms with Crippen LogP contribution >= 0.6 is 0 Å². The van der Waals surface area contributed by atoms with Crippen molar-refractivity contribution in [1.82, 2.24) is 5.32 Å². The lowest BCUT2D eigenvalue weighted by Crippen LogP contribution is -2.31. The van der Waals surface area contributed by atoms with E-state index in [4.69, 9.17) is 0 Å². The van der Waals surface area contributed by atoms with E-state index in [-0.39, 0.29) is 17.6 Å². The van der Waals surface area contributed by atoms with Gasteiger partial charge in [-0.2, -0.15) is 0 Å². The summed E-state index contributed by atoms with van der Waals surface area (Å²) in [5.41, 5.74) is 2.67. The molecule has 1 atom stereocenters. The number of amides is 1. The molecule has 0 spiro atoms. The highest BCUT2D eigenvalue weighted by Gasteiger charge is 2.35. The van der Waals surface area contributed by atoms with E-state index in [1.807, 2.05) is 25.1 Å². The highest BCUT2D eigenvalue weighted by molar-refractivity contribution is 6.07. The highest BCUT2D eigenvalue weighted by atomic mass is 16.2. The number of rotatable bonds is 3. The molecule has 1 aromatic rings. The van der Waals surface area contributed by atoms with Gasteiger partial charge < -0.3 is 5.32 Å². The van der Waals surface area contributed by atoms with E-state index in [0.717, 1.165) is 16.7 Å². The first-order valence-electron chi connectivity index (χ1n) is 6.41. The number of carbonyl (C=O) groups excluding carboxylic acids is 2. The minimum Gasteiger partial charge on any atom is -0.355 e. The molecule has 0 saturated heterocycles. The summed E-state index contributed by atoms with van der Waals surface area (Å²) in [6.45, 7) is 6.73. The van der Waals surface area contributed by atoms with Gasteiger partial charge in [0.1, 0.15) is 0 Å². The second-order valence-electron chi connectivity index (χ2n) is 5.36. The van der Waals surface area contributed by atoms with Crippen LogP contribution in [0.4, 0.5) is 0 Å². The van der Waals surface area contributed by atoms with Crippen molar-refractivity contribution in [1.29, 1.82) is 0 Å². The number of hydrogen-bond acceptors (Lipinski definition) is 2. The number of aryl methyl sites for hydroxylation is 1. The Morgan fingerprint density at radius 2 is 2.17 bits per heavy atom. The molecular formula is C15H19NO2. The zero-order chi connectivity index (χ0) is 13.3. The summed E-state index contributed by atoms with van der Waals surface area (Å²) in [5.74, 6) is 0.179. The van der Waals surface area contributed by atoms with Gasteiger partial charge in [0.2, 0.25) is 5.91 Å². The average Bonchev–Trinajstić information content (AvgIpc) is 2.66. The van der Waals surface area contributed by atoms with Crippen LogP contribution in [0.5, 0.6) is 0 Å². The van der Waals surface area contributed by atoms with E-state index in [9.17, 15) is 9.59 Å². The summed E-state index contributed by atoms with van der Waals surface area (Å²) >= 11 is 0. The summed E-state index contributed by atoms with van der Waals surface area (Å²) in [5, 5.41) is 2.92. The van der Waals surface area contributed by atoms with E-state index in [1.54, 1.807) is 0 Å². The van der Waals surface area contributed by atoms with Gasteiger partial charge in [-0.1, -0.05) is 32.0 Å². The summed E-state index contributed by atoms with van der Waals surface area (Å²) < 4.78 is 0. The minimum atomic E-state index is -0.299. The van der Waals surface area contributed by atoms with Crippen molar-refractivity contribution in [3.05, 3.63) is 34.9 Å². The van der Waals surface area contributed by atoms with Gasteiger partial charge in [0.15, 0.2) is 5.78 Å². The fraction of sp³-hybridized carbons (Fsp3) is 0.467. The zero-order valence-electron chi connectivity index (χ0n) is 11.1. The number of carbonyl (C=O) groups is 2. The lowest BCUT2D eigenvalue weighted by atomic mass is 9.95. The lowest BCUT2D eigenvalue weighted by molar-refractivity contribution is -0.122. The monoisotopic (exact) mass is 245 g/mol. The molecule has 0 radical (unpaired) electrons. The number of ketones is 1. The molecule has 0 saturated carbocycles. The molecule has 0 aliphatic heterocycles. The van der Waals surface area contributed by atoms with Crippen LogP contribution in [0, 0.1) is 12.8 Å². The molecule has 1 N–H and O–H groups in total. The van der Waals surface area contributed by atoms with Crippen molar-refractivity contribution in [3.8, 4) is 0 Å². The molecular weight excluding hydrogens is 226 g/mol. The third-order valence-electron chi connectivity index (χ3n) is 3.36. The van der Waals surface area contributed by atoms with Crippen LogP contribution in [0.25, 0.3) is 0 Å². The predicted molar refractivity (Wildman–Crippen MR) is 70.7 cm³/mol. The summed E-state index contributed by atoms with van der Waals surface area (Å²) in [6.07, 6.45) is 0.310. The minimum absolute atomic E-state index is 0.0231. The molecule has 1 amide bonds. The van der Waals surface area contributed by atoms with E-state index < -0.39 is 0 Å². The lowest BCUT2D eigenvalue weighted by Gasteiger charge is -2.14. The molecule has 0 heterocycles. The van der Waals surface area contributed by atoms with Crippen LogP contribution in [-0.2, 0) is 4.79 Å². The molecule has 96 valence electrons. The Bertz CT molecular complexity index is 491. The topological polar surface area (TPSA) is 46.2 Å². The van der Waals surface area contributed by atoms with Gasteiger partial charge in [-0.15, -0.1) is 0 Å². The Labute approximate surface area is 108 Å². The van der Waals surface area contributed by atoms with Crippen molar-refractivity contribution in [3.63, 3.8) is 0 Å². The molecule has 3 nitrogen and oxygen atoms in total. The molecule has 0 aromatic heterocycles. The molecule has 1 aliphatic rings. The Hall–Kier alpha value is -1.64. The van der Waals surface area contributed by atoms with Gasteiger partial charge in [0.05, 0.1) is 5.92 Å². The molecule has 1 unspecified atom stereocenters. The molecule has 3 heteroatoms. The molecule has 2 rings (SSSR count). The SMILES string of the molecule is Cc1cccc2c1C(C(=O)NCC(C)C)CC2=O. The van der Waals surface area contributed by atoms with Crippen molar-refractivity contribution in [2.24, 2.45) is 5.92 Å². The van der Waals surface area contributed by atoms with Crippen LogP contribution in [-0.4, -0.2) is 18.2 Å². The maximum absolute atomic E-state index is 12.1. The number of Topliss-reactive ketones (excluding diaryl/α,β-unsaturated/α-hetero) is 1. The van der Waals surface area contributed by atoms with Gasteiger partial charge in [-0.05, 0) is 24.0 Å². The Kier molecular flexibility index (Phi) is 3.50. The van der Waals surface area contributed by atoms with Gasteiger partial charge in [-0.3, -0.25) is 9.59 Å². The first-order chi connectivity index (χ1) is 8.50. The number of fused-ring (bicyclic) bond motifs is 1. The van der Waals surface area contributed by atoms with Crippen molar-refractivity contribution in [2.45, 2.75) is 33.1 Å². The third-order valence-corrected chi connectivity index (χ3v) is 3.36. The zero-order valence-corrected chi connectivity index (χ0v) is 11.1. The van der Waals surface area contributed by atoms with E-state index in [2.05, 4.69) is 19.2 Å².